The van der Waals surface area contributed by atoms with Gasteiger partial charge in [0.2, 0.25) is 5.91 Å². The second-order valence-electron chi connectivity index (χ2n) is 5.56. The standard InChI is InChI=1S/C18H17FN4OS/c1-22(2)16(24)12-25-18-21-20-17(13-8-10-14(19)11-9-13)23(18)15-6-4-3-5-7-15/h3-11H,12H2,1-2H3. The van der Waals surface area contributed by atoms with E-state index in [-0.39, 0.29) is 17.5 Å². The fraction of sp³-hybridized carbons (Fsp3) is 0.167. The van der Waals surface area contributed by atoms with E-state index in [0.29, 0.717) is 11.0 Å². The van der Waals surface area contributed by atoms with Gasteiger partial charge in [-0.05, 0) is 36.4 Å². The number of carbonyl (C=O) groups excluding carboxylic acids is 1. The van der Waals surface area contributed by atoms with Crippen molar-refractivity contribution in [1.29, 1.82) is 0 Å². The Morgan fingerprint density at radius 3 is 2.40 bits per heavy atom. The van der Waals surface area contributed by atoms with Gasteiger partial charge < -0.3 is 4.90 Å². The average Bonchev–Trinajstić information content (AvgIpc) is 3.04. The Labute approximate surface area is 149 Å². The van der Waals surface area contributed by atoms with E-state index < -0.39 is 0 Å². The highest BCUT2D eigenvalue weighted by atomic mass is 32.2. The maximum Gasteiger partial charge on any atom is 0.232 e. The van der Waals surface area contributed by atoms with Gasteiger partial charge in [0.25, 0.3) is 0 Å². The minimum Gasteiger partial charge on any atom is -0.348 e. The summed E-state index contributed by atoms with van der Waals surface area (Å²) in [5.74, 6) is 0.559. The lowest BCUT2D eigenvalue weighted by molar-refractivity contribution is -0.125. The van der Waals surface area contributed by atoms with Gasteiger partial charge >= 0.3 is 0 Å². The third-order valence-electron chi connectivity index (χ3n) is 3.57. The largest absolute Gasteiger partial charge is 0.348 e. The highest BCUT2D eigenvalue weighted by Gasteiger charge is 2.17. The van der Waals surface area contributed by atoms with E-state index in [1.165, 1.54) is 28.8 Å². The molecule has 1 amide bonds. The number of benzene rings is 2. The first-order valence-electron chi connectivity index (χ1n) is 7.66. The van der Waals surface area contributed by atoms with Crippen molar-refractivity contribution in [3.8, 4) is 17.1 Å². The van der Waals surface area contributed by atoms with Crippen molar-refractivity contribution >= 4 is 17.7 Å². The Balaban J connectivity index is 2.01. The lowest BCUT2D eigenvalue weighted by Gasteiger charge is -2.12. The molecule has 0 saturated carbocycles. The summed E-state index contributed by atoms with van der Waals surface area (Å²) in [6, 6.07) is 15.8. The normalized spacial score (nSPS) is 10.7. The molecule has 0 aliphatic heterocycles. The first-order chi connectivity index (χ1) is 12.1. The molecular weight excluding hydrogens is 339 g/mol. The number of halogens is 1. The van der Waals surface area contributed by atoms with Gasteiger partial charge in [-0.15, -0.1) is 10.2 Å². The van der Waals surface area contributed by atoms with Crippen LogP contribution in [0.3, 0.4) is 0 Å². The number of carbonyl (C=O) groups is 1. The molecule has 0 aliphatic carbocycles. The number of thioether (sulfide) groups is 1. The average molecular weight is 356 g/mol. The molecule has 7 heteroatoms. The van der Waals surface area contributed by atoms with Crippen LogP contribution in [0.2, 0.25) is 0 Å². The Hall–Kier alpha value is -2.67. The third-order valence-corrected chi connectivity index (χ3v) is 4.49. The zero-order chi connectivity index (χ0) is 17.8. The number of hydrogen-bond acceptors (Lipinski definition) is 4. The summed E-state index contributed by atoms with van der Waals surface area (Å²) in [6.45, 7) is 0. The summed E-state index contributed by atoms with van der Waals surface area (Å²) < 4.78 is 15.1. The highest BCUT2D eigenvalue weighted by Crippen LogP contribution is 2.28. The lowest BCUT2D eigenvalue weighted by Crippen LogP contribution is -2.23. The predicted octanol–water partition coefficient (Wildman–Crippen LogP) is 3.25. The number of rotatable bonds is 5. The van der Waals surface area contributed by atoms with E-state index in [4.69, 9.17) is 0 Å². The van der Waals surface area contributed by atoms with Gasteiger partial charge in [-0.2, -0.15) is 0 Å². The fourth-order valence-corrected chi connectivity index (χ4v) is 3.14. The second kappa shape index (κ2) is 7.48. The maximum atomic E-state index is 13.2. The molecule has 3 aromatic rings. The molecule has 128 valence electrons. The molecule has 0 saturated heterocycles. The predicted molar refractivity (Wildman–Crippen MR) is 96.2 cm³/mol. The summed E-state index contributed by atoms with van der Waals surface area (Å²) in [5.41, 5.74) is 1.63. The lowest BCUT2D eigenvalue weighted by atomic mass is 10.2. The van der Waals surface area contributed by atoms with E-state index >= 15 is 0 Å². The van der Waals surface area contributed by atoms with Gasteiger partial charge in [-0.1, -0.05) is 30.0 Å². The van der Waals surface area contributed by atoms with Crippen molar-refractivity contribution < 1.29 is 9.18 Å². The molecule has 25 heavy (non-hydrogen) atoms. The molecule has 0 bridgehead atoms. The Morgan fingerprint density at radius 1 is 1.08 bits per heavy atom. The zero-order valence-corrected chi connectivity index (χ0v) is 14.7. The second-order valence-corrected chi connectivity index (χ2v) is 6.50. The highest BCUT2D eigenvalue weighted by molar-refractivity contribution is 7.99. The molecule has 0 aliphatic rings. The van der Waals surface area contributed by atoms with Crippen molar-refractivity contribution in [3.05, 3.63) is 60.4 Å². The van der Waals surface area contributed by atoms with Crippen LogP contribution in [0.5, 0.6) is 0 Å². The molecule has 0 atom stereocenters. The first kappa shape index (κ1) is 17.2. The molecule has 1 heterocycles. The summed E-state index contributed by atoms with van der Waals surface area (Å²) in [7, 11) is 3.43. The van der Waals surface area contributed by atoms with Crippen molar-refractivity contribution in [1.82, 2.24) is 19.7 Å². The van der Waals surface area contributed by atoms with E-state index in [9.17, 15) is 9.18 Å². The zero-order valence-electron chi connectivity index (χ0n) is 13.9. The van der Waals surface area contributed by atoms with Crippen LogP contribution in [-0.4, -0.2) is 45.4 Å². The molecule has 0 spiro atoms. The van der Waals surface area contributed by atoms with E-state index in [1.807, 2.05) is 34.9 Å². The molecule has 3 rings (SSSR count). The first-order valence-corrected chi connectivity index (χ1v) is 8.64. The van der Waals surface area contributed by atoms with Gasteiger partial charge in [0, 0.05) is 25.3 Å². The van der Waals surface area contributed by atoms with Crippen molar-refractivity contribution in [3.63, 3.8) is 0 Å². The van der Waals surface area contributed by atoms with Crippen LogP contribution >= 0.6 is 11.8 Å². The topological polar surface area (TPSA) is 51.0 Å². The molecule has 0 radical (unpaired) electrons. The van der Waals surface area contributed by atoms with E-state index in [2.05, 4.69) is 10.2 Å². The van der Waals surface area contributed by atoms with Crippen LogP contribution in [0.1, 0.15) is 0 Å². The molecule has 1 aromatic heterocycles. The number of hydrogen-bond donors (Lipinski definition) is 0. The van der Waals surface area contributed by atoms with Crippen LogP contribution in [0.15, 0.2) is 59.8 Å². The smallest absolute Gasteiger partial charge is 0.232 e. The quantitative estimate of drug-likeness (QED) is 0.659. The van der Waals surface area contributed by atoms with Crippen molar-refractivity contribution in [2.75, 3.05) is 19.8 Å². The number of para-hydroxylation sites is 1. The molecule has 5 nitrogen and oxygen atoms in total. The summed E-state index contributed by atoms with van der Waals surface area (Å²) in [4.78, 5) is 13.4. The molecular formula is C18H17FN4OS. The van der Waals surface area contributed by atoms with Crippen LogP contribution in [0.25, 0.3) is 17.1 Å². The van der Waals surface area contributed by atoms with Crippen LogP contribution in [0.4, 0.5) is 4.39 Å². The maximum absolute atomic E-state index is 13.2. The van der Waals surface area contributed by atoms with Gasteiger partial charge in [-0.3, -0.25) is 9.36 Å². The van der Waals surface area contributed by atoms with Gasteiger partial charge in [0.1, 0.15) is 5.82 Å². The fourth-order valence-electron chi connectivity index (χ4n) is 2.21. The molecule has 0 fully saturated rings. The minimum absolute atomic E-state index is 0.00376. The van der Waals surface area contributed by atoms with E-state index in [1.54, 1.807) is 26.2 Å². The van der Waals surface area contributed by atoms with Gasteiger partial charge in [0.15, 0.2) is 11.0 Å². The SMILES string of the molecule is CN(C)C(=O)CSc1nnc(-c2ccc(F)cc2)n1-c1ccccc1. The Morgan fingerprint density at radius 2 is 1.76 bits per heavy atom. The summed E-state index contributed by atoms with van der Waals surface area (Å²) >= 11 is 1.32. The number of aromatic nitrogens is 3. The molecule has 0 unspecified atom stereocenters. The van der Waals surface area contributed by atoms with Crippen LogP contribution in [-0.2, 0) is 4.79 Å². The van der Waals surface area contributed by atoms with Crippen LogP contribution in [0, 0.1) is 5.82 Å². The Kier molecular flexibility index (Phi) is 5.14. The minimum atomic E-state index is -0.305. The third kappa shape index (κ3) is 3.88. The Bertz CT molecular complexity index is 863. The molecule has 0 N–H and O–H groups in total. The van der Waals surface area contributed by atoms with Gasteiger partial charge in [-0.25, -0.2) is 4.39 Å². The van der Waals surface area contributed by atoms with E-state index in [0.717, 1.165) is 11.3 Å². The monoisotopic (exact) mass is 356 g/mol. The van der Waals surface area contributed by atoms with Crippen LogP contribution < -0.4 is 0 Å². The summed E-state index contributed by atoms with van der Waals surface area (Å²) in [5, 5.41) is 9.11. The number of amides is 1. The van der Waals surface area contributed by atoms with Crippen molar-refractivity contribution in [2.24, 2.45) is 0 Å². The summed E-state index contributed by atoms with van der Waals surface area (Å²) in [6.07, 6.45) is 0. The molecule has 2 aromatic carbocycles. The van der Waals surface area contributed by atoms with Gasteiger partial charge in [0.05, 0.1) is 5.75 Å². The number of nitrogens with zero attached hydrogens (tertiary/aromatic N) is 4. The van der Waals surface area contributed by atoms with Crippen molar-refractivity contribution in [2.45, 2.75) is 5.16 Å².